The van der Waals surface area contributed by atoms with E-state index in [1.807, 2.05) is 0 Å². The van der Waals surface area contributed by atoms with Gasteiger partial charge in [0.1, 0.15) is 11.4 Å². The molecule has 3 rings (SSSR count). The molecular formula is C19H14Cl2N2O4. The summed E-state index contributed by atoms with van der Waals surface area (Å²) in [7, 11) is 1.53. The largest absolute Gasteiger partial charge is 0.497 e. The molecule has 0 spiro atoms. The van der Waals surface area contributed by atoms with Gasteiger partial charge in [-0.25, -0.2) is 4.79 Å². The number of hydrogen-bond acceptors (Lipinski definition) is 3. The smallest absolute Gasteiger partial charge is 0.352 e. The number of methoxy groups -OCH3 is 1. The van der Waals surface area contributed by atoms with Crippen LogP contribution in [0.15, 0.2) is 42.5 Å². The van der Waals surface area contributed by atoms with Crippen molar-refractivity contribution < 1.29 is 19.4 Å². The first-order chi connectivity index (χ1) is 12.9. The van der Waals surface area contributed by atoms with Crippen LogP contribution in [-0.2, 0) is 4.79 Å². The van der Waals surface area contributed by atoms with Crippen molar-refractivity contribution in [2.45, 2.75) is 0 Å². The Kier molecular flexibility index (Phi) is 5.39. The van der Waals surface area contributed by atoms with E-state index in [0.717, 1.165) is 0 Å². The fraction of sp³-hybridized carbons (Fsp3) is 0.0526. The Labute approximate surface area is 164 Å². The van der Waals surface area contributed by atoms with Crippen molar-refractivity contribution in [3.05, 3.63) is 63.8 Å². The van der Waals surface area contributed by atoms with Crippen LogP contribution in [0.25, 0.3) is 17.0 Å². The molecule has 1 heterocycles. The number of halogens is 2. The fourth-order valence-electron chi connectivity index (χ4n) is 2.65. The average Bonchev–Trinajstić information content (AvgIpc) is 2.99. The van der Waals surface area contributed by atoms with Crippen LogP contribution < -0.4 is 10.1 Å². The van der Waals surface area contributed by atoms with Crippen LogP contribution in [0.3, 0.4) is 0 Å². The number of amides is 1. The Balaban J connectivity index is 1.94. The van der Waals surface area contributed by atoms with Crippen molar-refractivity contribution >= 4 is 57.7 Å². The summed E-state index contributed by atoms with van der Waals surface area (Å²) >= 11 is 12.2. The Morgan fingerprint density at radius 3 is 2.70 bits per heavy atom. The van der Waals surface area contributed by atoms with Crippen LogP contribution >= 0.6 is 23.2 Å². The number of nitrogens with one attached hydrogen (secondary N) is 2. The number of anilines is 1. The van der Waals surface area contributed by atoms with E-state index in [4.69, 9.17) is 27.9 Å². The molecule has 27 heavy (non-hydrogen) atoms. The number of ether oxygens (including phenoxy) is 1. The lowest BCUT2D eigenvalue weighted by Crippen LogP contribution is -2.08. The van der Waals surface area contributed by atoms with E-state index >= 15 is 0 Å². The third-order valence-corrected chi connectivity index (χ3v) is 4.32. The second-order valence-electron chi connectivity index (χ2n) is 5.58. The van der Waals surface area contributed by atoms with Gasteiger partial charge in [-0.3, -0.25) is 4.79 Å². The summed E-state index contributed by atoms with van der Waals surface area (Å²) in [5.74, 6) is -1.00. The van der Waals surface area contributed by atoms with Crippen molar-refractivity contribution in [2.75, 3.05) is 12.4 Å². The first-order valence-electron chi connectivity index (χ1n) is 7.76. The normalized spacial score (nSPS) is 11.1. The Bertz CT molecular complexity index is 1070. The summed E-state index contributed by atoms with van der Waals surface area (Å²) in [6, 6.07) is 9.95. The maximum absolute atomic E-state index is 12.2. The molecule has 0 radical (unpaired) electrons. The van der Waals surface area contributed by atoms with E-state index < -0.39 is 11.9 Å². The minimum atomic E-state index is -1.17. The van der Waals surface area contributed by atoms with Gasteiger partial charge in [-0.05, 0) is 30.3 Å². The lowest BCUT2D eigenvalue weighted by atomic mass is 10.1. The number of carboxylic acid groups (broad SMARTS) is 1. The molecule has 0 aliphatic rings. The summed E-state index contributed by atoms with van der Waals surface area (Å²) in [5.41, 5.74) is 1.23. The predicted molar refractivity (Wildman–Crippen MR) is 106 cm³/mol. The van der Waals surface area contributed by atoms with E-state index in [1.54, 1.807) is 30.3 Å². The molecule has 1 amide bonds. The first kappa shape index (κ1) is 18.8. The molecule has 3 N–H and O–H groups in total. The van der Waals surface area contributed by atoms with Crippen LogP contribution in [0.5, 0.6) is 5.75 Å². The van der Waals surface area contributed by atoms with E-state index in [1.165, 1.54) is 25.3 Å². The second-order valence-corrected chi connectivity index (χ2v) is 6.43. The third-order valence-electron chi connectivity index (χ3n) is 3.81. The number of aromatic nitrogens is 1. The Hall–Kier alpha value is -2.96. The highest BCUT2D eigenvalue weighted by atomic mass is 35.5. The van der Waals surface area contributed by atoms with Gasteiger partial charge in [-0.1, -0.05) is 29.3 Å². The van der Waals surface area contributed by atoms with Crippen LogP contribution in [0.4, 0.5) is 5.69 Å². The first-order valence-corrected chi connectivity index (χ1v) is 8.51. The molecule has 6 nitrogen and oxygen atoms in total. The zero-order valence-electron chi connectivity index (χ0n) is 14.0. The van der Waals surface area contributed by atoms with Gasteiger partial charge < -0.3 is 20.1 Å². The van der Waals surface area contributed by atoms with Crippen molar-refractivity contribution in [3.63, 3.8) is 0 Å². The number of carbonyl (C=O) groups is 2. The zero-order chi connectivity index (χ0) is 19.6. The third kappa shape index (κ3) is 4.07. The maximum Gasteiger partial charge on any atom is 0.352 e. The van der Waals surface area contributed by atoms with Crippen LogP contribution in [0, 0.1) is 0 Å². The monoisotopic (exact) mass is 404 g/mol. The summed E-state index contributed by atoms with van der Waals surface area (Å²) in [6.07, 6.45) is 2.64. The van der Waals surface area contributed by atoms with Crippen molar-refractivity contribution in [1.29, 1.82) is 0 Å². The van der Waals surface area contributed by atoms with Gasteiger partial charge >= 0.3 is 5.97 Å². The summed E-state index contributed by atoms with van der Waals surface area (Å²) in [4.78, 5) is 26.5. The van der Waals surface area contributed by atoms with Crippen molar-refractivity contribution in [2.24, 2.45) is 0 Å². The molecule has 8 heteroatoms. The van der Waals surface area contributed by atoms with Gasteiger partial charge in [0.05, 0.1) is 12.1 Å². The summed E-state index contributed by atoms with van der Waals surface area (Å²) in [5, 5.41) is 13.2. The molecule has 0 bridgehead atoms. The Morgan fingerprint density at radius 2 is 2.00 bits per heavy atom. The zero-order valence-corrected chi connectivity index (χ0v) is 15.6. The molecule has 1 aromatic heterocycles. The number of rotatable bonds is 5. The second kappa shape index (κ2) is 7.73. The van der Waals surface area contributed by atoms with E-state index in [9.17, 15) is 14.7 Å². The summed E-state index contributed by atoms with van der Waals surface area (Å²) < 4.78 is 5.10. The molecule has 0 aliphatic heterocycles. The van der Waals surface area contributed by atoms with Gasteiger partial charge in [0.2, 0.25) is 5.91 Å². The number of carbonyl (C=O) groups excluding carboxylic acids is 1. The molecule has 138 valence electrons. The molecule has 0 saturated carbocycles. The molecule has 0 aliphatic carbocycles. The number of H-pyrrole nitrogens is 1. The van der Waals surface area contributed by atoms with Gasteiger partial charge in [0.25, 0.3) is 0 Å². The van der Waals surface area contributed by atoms with Gasteiger partial charge in [-0.15, -0.1) is 0 Å². The minimum absolute atomic E-state index is 0.0837. The molecular weight excluding hydrogens is 391 g/mol. The van der Waals surface area contributed by atoms with Crippen molar-refractivity contribution in [1.82, 2.24) is 4.98 Å². The standard InChI is InChI=1S/C19H14Cl2N2O4/c1-27-12-4-2-3-11(9-12)22-16(24)6-5-13-17-14(21)7-10(20)8-15(17)23-18(13)19(25)26/h2-9,23H,1H3,(H,22,24)(H,25,26). The quantitative estimate of drug-likeness (QED) is 0.530. The number of carboxylic acids is 1. The molecule has 0 fully saturated rings. The number of benzene rings is 2. The van der Waals surface area contributed by atoms with Crippen LogP contribution in [0.1, 0.15) is 16.1 Å². The molecule has 0 saturated heterocycles. The van der Waals surface area contributed by atoms with E-state index in [0.29, 0.717) is 32.9 Å². The maximum atomic E-state index is 12.2. The van der Waals surface area contributed by atoms with Crippen LogP contribution in [0.2, 0.25) is 10.0 Å². The van der Waals surface area contributed by atoms with E-state index in [2.05, 4.69) is 10.3 Å². The number of hydrogen-bond donors (Lipinski definition) is 3. The van der Waals surface area contributed by atoms with Gasteiger partial charge in [0.15, 0.2) is 0 Å². The number of aromatic amines is 1. The summed E-state index contributed by atoms with van der Waals surface area (Å²) in [6.45, 7) is 0. The molecule has 2 aromatic carbocycles. The SMILES string of the molecule is COc1cccc(NC(=O)C=Cc2c(C(=O)O)[nH]c3cc(Cl)cc(Cl)c23)c1. The topological polar surface area (TPSA) is 91.4 Å². The molecule has 0 unspecified atom stereocenters. The van der Waals surface area contributed by atoms with Crippen LogP contribution in [-0.4, -0.2) is 29.1 Å². The Morgan fingerprint density at radius 1 is 1.22 bits per heavy atom. The lowest BCUT2D eigenvalue weighted by molar-refractivity contribution is -0.111. The molecule has 0 atom stereocenters. The average molecular weight is 405 g/mol. The highest BCUT2D eigenvalue weighted by Crippen LogP contribution is 2.33. The lowest BCUT2D eigenvalue weighted by Gasteiger charge is -2.04. The number of fused-ring (bicyclic) bond motifs is 1. The van der Waals surface area contributed by atoms with Gasteiger partial charge in [-0.2, -0.15) is 0 Å². The van der Waals surface area contributed by atoms with Crippen molar-refractivity contribution in [3.8, 4) is 5.75 Å². The highest BCUT2D eigenvalue weighted by molar-refractivity contribution is 6.39. The molecule has 3 aromatic rings. The fourth-order valence-corrected chi connectivity index (χ4v) is 3.25. The predicted octanol–water partition coefficient (Wildman–Crippen LogP) is 4.83. The van der Waals surface area contributed by atoms with Gasteiger partial charge in [0, 0.05) is 39.3 Å². The highest BCUT2D eigenvalue weighted by Gasteiger charge is 2.18. The van der Waals surface area contributed by atoms with E-state index in [-0.39, 0.29) is 10.7 Å². The minimum Gasteiger partial charge on any atom is -0.497 e. The number of aromatic carboxylic acids is 1.